The summed E-state index contributed by atoms with van der Waals surface area (Å²) in [6, 6.07) is 12.9. The molecule has 1 fully saturated rings. The van der Waals surface area contributed by atoms with Crippen molar-refractivity contribution in [1.82, 2.24) is 0 Å². The van der Waals surface area contributed by atoms with Gasteiger partial charge in [-0.25, -0.2) is 0 Å². The summed E-state index contributed by atoms with van der Waals surface area (Å²) in [5.41, 5.74) is 3.08. The van der Waals surface area contributed by atoms with Crippen LogP contribution in [0.2, 0.25) is 0 Å². The molecule has 0 aliphatic heterocycles. The number of nitrogens with one attached hydrogen (secondary N) is 3. The standard InChI is InChI=1S/C20H23N3O3/c1-13-17(7-4-8-18(13)23-20(25)14-9-10-14)22-19(24)12-21-15-5-3-6-16(11-15)26-2/h3-8,11,14,21H,9-10,12H2,1-2H3,(H,22,24)(H,23,25). The molecule has 0 heterocycles. The van der Waals surface area contributed by atoms with Gasteiger partial charge >= 0.3 is 0 Å². The zero-order chi connectivity index (χ0) is 18.5. The van der Waals surface area contributed by atoms with Crippen molar-refractivity contribution in [3.63, 3.8) is 0 Å². The summed E-state index contributed by atoms with van der Waals surface area (Å²) in [7, 11) is 1.60. The highest BCUT2D eigenvalue weighted by Gasteiger charge is 2.29. The first-order valence-corrected chi connectivity index (χ1v) is 8.65. The van der Waals surface area contributed by atoms with Gasteiger partial charge in [0, 0.05) is 29.0 Å². The Morgan fingerprint density at radius 3 is 2.46 bits per heavy atom. The van der Waals surface area contributed by atoms with Crippen LogP contribution in [-0.4, -0.2) is 25.5 Å². The van der Waals surface area contributed by atoms with Crippen LogP contribution < -0.4 is 20.7 Å². The van der Waals surface area contributed by atoms with Crippen LogP contribution in [0.25, 0.3) is 0 Å². The molecule has 6 heteroatoms. The maximum atomic E-state index is 12.3. The van der Waals surface area contributed by atoms with Gasteiger partial charge in [-0.2, -0.15) is 0 Å². The Labute approximate surface area is 152 Å². The molecule has 1 aliphatic carbocycles. The van der Waals surface area contributed by atoms with E-state index in [9.17, 15) is 9.59 Å². The number of benzene rings is 2. The average molecular weight is 353 g/mol. The van der Waals surface area contributed by atoms with E-state index in [1.165, 1.54) is 0 Å². The second-order valence-electron chi connectivity index (χ2n) is 6.38. The molecule has 0 bridgehead atoms. The quantitative estimate of drug-likeness (QED) is 0.713. The number of anilines is 3. The Morgan fingerprint density at radius 2 is 1.77 bits per heavy atom. The smallest absolute Gasteiger partial charge is 0.243 e. The van der Waals surface area contributed by atoms with Crippen LogP contribution in [0.4, 0.5) is 17.1 Å². The van der Waals surface area contributed by atoms with E-state index in [4.69, 9.17) is 4.74 Å². The number of carbonyl (C=O) groups excluding carboxylic acids is 2. The number of hydrogen-bond donors (Lipinski definition) is 3. The Morgan fingerprint density at radius 1 is 1.08 bits per heavy atom. The van der Waals surface area contributed by atoms with Gasteiger partial charge in [-0.3, -0.25) is 9.59 Å². The zero-order valence-electron chi connectivity index (χ0n) is 15.0. The largest absolute Gasteiger partial charge is 0.497 e. The molecule has 26 heavy (non-hydrogen) atoms. The summed E-state index contributed by atoms with van der Waals surface area (Å²) < 4.78 is 5.16. The minimum atomic E-state index is -0.165. The average Bonchev–Trinajstić information content (AvgIpc) is 3.49. The van der Waals surface area contributed by atoms with E-state index in [-0.39, 0.29) is 24.3 Å². The normalized spacial score (nSPS) is 13.0. The molecule has 0 saturated heterocycles. The van der Waals surface area contributed by atoms with E-state index >= 15 is 0 Å². The molecule has 0 unspecified atom stereocenters. The summed E-state index contributed by atoms with van der Waals surface area (Å²) >= 11 is 0. The summed E-state index contributed by atoms with van der Waals surface area (Å²) in [6.45, 7) is 2.01. The highest BCUT2D eigenvalue weighted by atomic mass is 16.5. The van der Waals surface area contributed by atoms with Crippen LogP contribution in [0.5, 0.6) is 5.75 Å². The minimum absolute atomic E-state index is 0.0521. The van der Waals surface area contributed by atoms with Gasteiger partial charge < -0.3 is 20.7 Å². The van der Waals surface area contributed by atoms with Gasteiger partial charge in [-0.1, -0.05) is 12.1 Å². The zero-order valence-corrected chi connectivity index (χ0v) is 15.0. The Hall–Kier alpha value is -3.02. The van der Waals surface area contributed by atoms with Crippen molar-refractivity contribution in [2.45, 2.75) is 19.8 Å². The Balaban J connectivity index is 1.58. The summed E-state index contributed by atoms with van der Waals surface area (Å²) in [6.07, 6.45) is 1.91. The number of methoxy groups -OCH3 is 1. The molecular weight excluding hydrogens is 330 g/mol. The molecule has 3 N–H and O–H groups in total. The SMILES string of the molecule is COc1cccc(NCC(=O)Nc2cccc(NC(=O)C3CC3)c2C)c1. The van der Waals surface area contributed by atoms with Gasteiger partial charge in [0.15, 0.2) is 0 Å². The lowest BCUT2D eigenvalue weighted by molar-refractivity contribution is -0.117. The van der Waals surface area contributed by atoms with Gasteiger partial charge in [-0.05, 0) is 49.6 Å². The van der Waals surface area contributed by atoms with Crippen molar-refractivity contribution in [2.24, 2.45) is 5.92 Å². The van der Waals surface area contributed by atoms with Crippen molar-refractivity contribution in [3.8, 4) is 5.75 Å². The first kappa shape index (κ1) is 17.8. The lowest BCUT2D eigenvalue weighted by Crippen LogP contribution is -2.22. The van der Waals surface area contributed by atoms with Crippen molar-refractivity contribution in [1.29, 1.82) is 0 Å². The molecule has 2 aromatic rings. The summed E-state index contributed by atoms with van der Waals surface area (Å²) in [5, 5.41) is 8.89. The topological polar surface area (TPSA) is 79.5 Å². The fraction of sp³-hybridized carbons (Fsp3) is 0.300. The molecule has 0 atom stereocenters. The van der Waals surface area contributed by atoms with E-state index in [0.29, 0.717) is 5.69 Å². The van der Waals surface area contributed by atoms with Gasteiger partial charge in [0.1, 0.15) is 5.75 Å². The third kappa shape index (κ3) is 4.53. The fourth-order valence-corrected chi connectivity index (χ4v) is 2.60. The highest BCUT2D eigenvalue weighted by molar-refractivity contribution is 5.98. The van der Waals surface area contributed by atoms with Crippen LogP contribution in [0, 0.1) is 12.8 Å². The van der Waals surface area contributed by atoms with Crippen LogP contribution in [-0.2, 0) is 9.59 Å². The van der Waals surface area contributed by atoms with Crippen molar-refractivity contribution >= 4 is 28.9 Å². The number of rotatable bonds is 7. The molecule has 136 valence electrons. The molecule has 3 rings (SSSR count). The lowest BCUT2D eigenvalue weighted by Gasteiger charge is -2.14. The highest BCUT2D eigenvalue weighted by Crippen LogP contribution is 2.31. The first-order valence-electron chi connectivity index (χ1n) is 8.65. The maximum absolute atomic E-state index is 12.3. The van der Waals surface area contributed by atoms with Crippen LogP contribution in [0.3, 0.4) is 0 Å². The molecule has 2 amide bonds. The van der Waals surface area contributed by atoms with Crippen molar-refractivity contribution < 1.29 is 14.3 Å². The molecule has 0 spiro atoms. The van der Waals surface area contributed by atoms with Crippen LogP contribution >= 0.6 is 0 Å². The predicted octanol–water partition coefficient (Wildman–Crippen LogP) is 3.40. The van der Waals surface area contributed by atoms with E-state index in [1.807, 2.05) is 49.4 Å². The monoisotopic (exact) mass is 353 g/mol. The number of amides is 2. The van der Waals surface area contributed by atoms with E-state index in [2.05, 4.69) is 16.0 Å². The van der Waals surface area contributed by atoms with E-state index in [0.717, 1.165) is 35.5 Å². The predicted molar refractivity (Wildman–Crippen MR) is 103 cm³/mol. The summed E-state index contributed by atoms with van der Waals surface area (Å²) in [5.74, 6) is 0.753. The number of hydrogen-bond acceptors (Lipinski definition) is 4. The minimum Gasteiger partial charge on any atom is -0.497 e. The van der Waals surface area contributed by atoms with Gasteiger partial charge in [0.05, 0.1) is 13.7 Å². The molecule has 0 aromatic heterocycles. The third-order valence-electron chi connectivity index (χ3n) is 4.34. The lowest BCUT2D eigenvalue weighted by atomic mass is 10.1. The van der Waals surface area contributed by atoms with Crippen molar-refractivity contribution in [3.05, 3.63) is 48.0 Å². The van der Waals surface area contributed by atoms with Crippen LogP contribution in [0.1, 0.15) is 18.4 Å². The Bertz CT molecular complexity index is 816. The van der Waals surface area contributed by atoms with E-state index < -0.39 is 0 Å². The number of ether oxygens (including phenoxy) is 1. The molecular formula is C20H23N3O3. The molecule has 0 radical (unpaired) electrons. The maximum Gasteiger partial charge on any atom is 0.243 e. The second kappa shape index (κ2) is 7.91. The number of carbonyl (C=O) groups is 2. The molecule has 1 aliphatic rings. The van der Waals surface area contributed by atoms with Gasteiger partial charge in [-0.15, -0.1) is 0 Å². The summed E-state index contributed by atoms with van der Waals surface area (Å²) in [4.78, 5) is 24.2. The second-order valence-corrected chi connectivity index (χ2v) is 6.38. The molecule has 2 aromatic carbocycles. The molecule has 1 saturated carbocycles. The van der Waals surface area contributed by atoms with Crippen molar-refractivity contribution in [2.75, 3.05) is 29.6 Å². The van der Waals surface area contributed by atoms with Crippen LogP contribution in [0.15, 0.2) is 42.5 Å². The first-order chi connectivity index (χ1) is 12.6. The third-order valence-corrected chi connectivity index (χ3v) is 4.34. The van der Waals surface area contributed by atoms with E-state index in [1.54, 1.807) is 7.11 Å². The van der Waals surface area contributed by atoms with Gasteiger partial charge in [0.2, 0.25) is 11.8 Å². The fourth-order valence-electron chi connectivity index (χ4n) is 2.60. The van der Waals surface area contributed by atoms with Gasteiger partial charge in [0.25, 0.3) is 0 Å². The molecule has 6 nitrogen and oxygen atoms in total. The Kier molecular flexibility index (Phi) is 5.41.